The molecule has 16 heavy (non-hydrogen) atoms. The van der Waals surface area contributed by atoms with E-state index in [9.17, 15) is 0 Å². The standard InChI is InChI=1S/C14H19N2/c1-2-5-12(6-3-1)11-16-10-9-15-13-7-4-8-14(13)16/h1-3,5-6,13,15H,4,7-11H2/q+1. The highest BCUT2D eigenvalue weighted by Gasteiger charge is 2.33. The second kappa shape index (κ2) is 4.38. The summed E-state index contributed by atoms with van der Waals surface area (Å²) in [6.07, 6.45) is 3.99. The number of fused-ring (bicyclic) bond motifs is 1. The largest absolute Gasteiger partial charge is 0.299 e. The summed E-state index contributed by atoms with van der Waals surface area (Å²) in [6, 6.07) is 11.5. The molecule has 1 aliphatic carbocycles. The molecule has 1 unspecified atom stereocenters. The van der Waals surface area contributed by atoms with Gasteiger partial charge in [0.1, 0.15) is 0 Å². The molecule has 1 atom stereocenters. The molecule has 0 amide bonds. The van der Waals surface area contributed by atoms with Crippen LogP contribution in [0.2, 0.25) is 0 Å². The van der Waals surface area contributed by atoms with Crippen LogP contribution in [-0.2, 0) is 6.54 Å². The zero-order valence-electron chi connectivity index (χ0n) is 9.65. The van der Waals surface area contributed by atoms with E-state index < -0.39 is 0 Å². The summed E-state index contributed by atoms with van der Waals surface area (Å²) in [5.74, 6) is 0. The van der Waals surface area contributed by atoms with Crippen LogP contribution in [0, 0.1) is 0 Å². The molecule has 0 bridgehead atoms. The number of hydrogen-bond donors (Lipinski definition) is 1. The van der Waals surface area contributed by atoms with Crippen molar-refractivity contribution in [3.63, 3.8) is 0 Å². The van der Waals surface area contributed by atoms with Crippen LogP contribution in [0.4, 0.5) is 0 Å². The fraction of sp³-hybridized carbons (Fsp3) is 0.500. The van der Waals surface area contributed by atoms with Gasteiger partial charge in [0.2, 0.25) is 0 Å². The Kier molecular flexibility index (Phi) is 2.75. The lowest BCUT2D eigenvalue weighted by Gasteiger charge is -2.19. The topological polar surface area (TPSA) is 15.0 Å². The van der Waals surface area contributed by atoms with Crippen LogP contribution in [0.1, 0.15) is 24.8 Å². The Labute approximate surface area is 97.0 Å². The van der Waals surface area contributed by atoms with Gasteiger partial charge in [-0.3, -0.25) is 5.32 Å². The van der Waals surface area contributed by atoms with Crippen molar-refractivity contribution in [3.05, 3.63) is 35.9 Å². The SMILES string of the molecule is c1ccc(C[N+]2=C3CCCC3NCC2)cc1. The van der Waals surface area contributed by atoms with Gasteiger partial charge in [-0.05, 0) is 12.8 Å². The first kappa shape index (κ1) is 10.0. The molecule has 1 fully saturated rings. The second-order valence-electron chi connectivity index (χ2n) is 4.80. The van der Waals surface area contributed by atoms with Crippen LogP contribution in [-0.4, -0.2) is 29.4 Å². The molecular weight excluding hydrogens is 196 g/mol. The van der Waals surface area contributed by atoms with Crippen LogP contribution < -0.4 is 5.32 Å². The minimum atomic E-state index is 0.678. The van der Waals surface area contributed by atoms with Crippen molar-refractivity contribution in [1.82, 2.24) is 5.32 Å². The summed E-state index contributed by atoms with van der Waals surface area (Å²) in [6.45, 7) is 3.40. The Hall–Kier alpha value is -1.15. The van der Waals surface area contributed by atoms with E-state index in [1.807, 2.05) is 0 Å². The Morgan fingerprint density at radius 2 is 2.12 bits per heavy atom. The van der Waals surface area contributed by atoms with Gasteiger partial charge < -0.3 is 0 Å². The molecule has 0 spiro atoms. The third kappa shape index (κ3) is 1.90. The first-order chi connectivity index (χ1) is 7.93. The van der Waals surface area contributed by atoms with Crippen molar-refractivity contribution < 1.29 is 4.58 Å². The number of rotatable bonds is 2. The molecule has 0 aromatic heterocycles. The highest BCUT2D eigenvalue weighted by molar-refractivity contribution is 5.87. The third-order valence-electron chi connectivity index (χ3n) is 3.72. The van der Waals surface area contributed by atoms with E-state index in [2.05, 4.69) is 40.2 Å². The lowest BCUT2D eigenvalue weighted by molar-refractivity contribution is -0.548. The summed E-state index contributed by atoms with van der Waals surface area (Å²) >= 11 is 0. The maximum Gasteiger partial charge on any atom is 0.169 e. The van der Waals surface area contributed by atoms with Gasteiger partial charge >= 0.3 is 0 Å². The lowest BCUT2D eigenvalue weighted by atomic mass is 10.1. The lowest BCUT2D eigenvalue weighted by Crippen LogP contribution is -2.46. The normalized spacial score (nSPS) is 24.6. The van der Waals surface area contributed by atoms with Crippen molar-refractivity contribution >= 4 is 5.71 Å². The number of hydrogen-bond acceptors (Lipinski definition) is 1. The van der Waals surface area contributed by atoms with Crippen molar-refractivity contribution in [2.45, 2.75) is 31.8 Å². The van der Waals surface area contributed by atoms with Crippen LogP contribution >= 0.6 is 0 Å². The highest BCUT2D eigenvalue weighted by Crippen LogP contribution is 2.18. The summed E-state index contributed by atoms with van der Waals surface area (Å²) in [7, 11) is 0. The second-order valence-corrected chi connectivity index (χ2v) is 4.80. The monoisotopic (exact) mass is 215 g/mol. The number of nitrogens with one attached hydrogen (secondary N) is 1. The first-order valence-corrected chi connectivity index (χ1v) is 6.31. The predicted molar refractivity (Wildman–Crippen MR) is 65.9 cm³/mol. The van der Waals surface area contributed by atoms with E-state index in [-0.39, 0.29) is 0 Å². The van der Waals surface area contributed by atoms with Crippen molar-refractivity contribution in [2.75, 3.05) is 13.1 Å². The molecule has 1 aromatic rings. The van der Waals surface area contributed by atoms with E-state index in [0.29, 0.717) is 6.04 Å². The van der Waals surface area contributed by atoms with E-state index in [1.54, 1.807) is 5.71 Å². The molecule has 1 aromatic carbocycles. The summed E-state index contributed by atoms with van der Waals surface area (Å²) < 4.78 is 2.59. The van der Waals surface area contributed by atoms with Gasteiger partial charge in [0, 0.05) is 12.0 Å². The Bertz CT molecular complexity index is 394. The summed E-state index contributed by atoms with van der Waals surface area (Å²) in [5, 5.41) is 3.62. The minimum absolute atomic E-state index is 0.678. The predicted octanol–water partition coefficient (Wildman–Crippen LogP) is 1.80. The van der Waals surface area contributed by atoms with Crippen LogP contribution in [0.25, 0.3) is 0 Å². The molecule has 1 heterocycles. The molecular formula is C14H19N2+. The first-order valence-electron chi connectivity index (χ1n) is 6.31. The molecule has 2 heteroatoms. The fourth-order valence-corrected chi connectivity index (χ4v) is 2.93. The zero-order chi connectivity index (χ0) is 10.8. The van der Waals surface area contributed by atoms with Crippen LogP contribution in [0.3, 0.4) is 0 Å². The smallest absolute Gasteiger partial charge is 0.169 e. The van der Waals surface area contributed by atoms with Crippen LogP contribution in [0.15, 0.2) is 30.3 Å². The molecule has 0 radical (unpaired) electrons. The average molecular weight is 215 g/mol. The molecule has 2 nitrogen and oxygen atoms in total. The highest BCUT2D eigenvalue weighted by atomic mass is 15.1. The van der Waals surface area contributed by atoms with Gasteiger partial charge in [0.05, 0.1) is 12.6 Å². The van der Waals surface area contributed by atoms with Crippen molar-refractivity contribution in [1.29, 1.82) is 0 Å². The molecule has 84 valence electrons. The number of benzene rings is 1. The third-order valence-corrected chi connectivity index (χ3v) is 3.72. The maximum atomic E-state index is 3.62. The molecule has 1 N–H and O–H groups in total. The quantitative estimate of drug-likeness (QED) is 0.743. The Morgan fingerprint density at radius 1 is 1.25 bits per heavy atom. The van der Waals surface area contributed by atoms with E-state index in [4.69, 9.17) is 0 Å². The fourth-order valence-electron chi connectivity index (χ4n) is 2.93. The van der Waals surface area contributed by atoms with Crippen molar-refractivity contribution in [2.24, 2.45) is 0 Å². The van der Waals surface area contributed by atoms with E-state index >= 15 is 0 Å². The zero-order valence-corrected chi connectivity index (χ0v) is 9.65. The van der Waals surface area contributed by atoms with Gasteiger partial charge in [-0.1, -0.05) is 30.3 Å². The molecule has 1 aliphatic heterocycles. The van der Waals surface area contributed by atoms with Gasteiger partial charge in [-0.15, -0.1) is 0 Å². The van der Waals surface area contributed by atoms with E-state index in [0.717, 1.165) is 13.1 Å². The molecule has 3 rings (SSSR count). The Morgan fingerprint density at radius 3 is 3.00 bits per heavy atom. The van der Waals surface area contributed by atoms with Gasteiger partial charge in [0.15, 0.2) is 18.8 Å². The molecule has 1 saturated carbocycles. The van der Waals surface area contributed by atoms with Gasteiger partial charge in [-0.25, -0.2) is 4.58 Å². The summed E-state index contributed by atoms with van der Waals surface area (Å²) in [4.78, 5) is 0. The van der Waals surface area contributed by atoms with Crippen LogP contribution in [0.5, 0.6) is 0 Å². The minimum Gasteiger partial charge on any atom is -0.299 e. The number of nitrogens with zero attached hydrogens (tertiary/aromatic N) is 1. The molecule has 0 saturated heterocycles. The maximum absolute atomic E-state index is 3.62. The Balaban J connectivity index is 1.83. The summed E-state index contributed by atoms with van der Waals surface area (Å²) in [5.41, 5.74) is 3.08. The molecule has 2 aliphatic rings. The van der Waals surface area contributed by atoms with Crippen molar-refractivity contribution in [3.8, 4) is 0 Å². The van der Waals surface area contributed by atoms with Gasteiger partial charge in [-0.2, -0.15) is 0 Å². The average Bonchev–Trinajstić information content (AvgIpc) is 2.80. The van der Waals surface area contributed by atoms with Gasteiger partial charge in [0.25, 0.3) is 0 Å². The van der Waals surface area contributed by atoms with E-state index in [1.165, 1.54) is 31.4 Å².